The molecule has 0 radical (unpaired) electrons. The molecule has 0 saturated carbocycles. The van der Waals surface area contributed by atoms with Gasteiger partial charge < -0.3 is 5.11 Å². The normalized spacial score (nSPS) is 17.4. The molecule has 4 heteroatoms. The van der Waals surface area contributed by atoms with E-state index in [-0.39, 0.29) is 4.90 Å². The van der Waals surface area contributed by atoms with Gasteiger partial charge in [0.05, 0.1) is 27.0 Å². The van der Waals surface area contributed by atoms with Crippen LogP contribution in [-0.4, -0.2) is 20.7 Å². The van der Waals surface area contributed by atoms with Crippen molar-refractivity contribution in [2.24, 2.45) is 0 Å². The van der Waals surface area contributed by atoms with Crippen molar-refractivity contribution in [3.63, 3.8) is 0 Å². The van der Waals surface area contributed by atoms with Crippen LogP contribution < -0.4 is 0 Å². The molecule has 78 valence electrons. The van der Waals surface area contributed by atoms with Gasteiger partial charge in [0.2, 0.25) is 0 Å². The van der Waals surface area contributed by atoms with E-state index < -0.39 is 28.0 Å². The molecule has 0 saturated heterocycles. The van der Waals surface area contributed by atoms with Crippen molar-refractivity contribution in [3.05, 3.63) is 30.1 Å². The first kappa shape index (κ1) is 11.3. The lowest BCUT2D eigenvalue weighted by Gasteiger charge is -2.14. The van der Waals surface area contributed by atoms with Crippen LogP contribution in [0, 0.1) is 5.82 Å². The maximum absolute atomic E-state index is 13.2. The molecule has 0 aliphatic carbocycles. The molecule has 0 spiro atoms. The van der Waals surface area contributed by atoms with Crippen LogP contribution in [0.15, 0.2) is 29.2 Å². The highest BCUT2D eigenvalue weighted by Gasteiger charge is 2.20. The number of hydrogen-bond acceptors (Lipinski definition) is 2. The SMILES string of the molecule is CC(O)C(C)S(=O)c1ccccc1F. The summed E-state index contributed by atoms with van der Waals surface area (Å²) >= 11 is 0. The number of rotatable bonds is 3. The fourth-order valence-corrected chi connectivity index (χ4v) is 2.22. The largest absolute Gasteiger partial charge is 0.392 e. The van der Waals surface area contributed by atoms with Gasteiger partial charge in [0.25, 0.3) is 0 Å². The lowest BCUT2D eigenvalue weighted by molar-refractivity contribution is 0.194. The van der Waals surface area contributed by atoms with Gasteiger partial charge in [0, 0.05) is 0 Å². The zero-order valence-corrected chi connectivity index (χ0v) is 8.92. The van der Waals surface area contributed by atoms with Crippen molar-refractivity contribution < 1.29 is 13.7 Å². The molecule has 0 fully saturated rings. The van der Waals surface area contributed by atoms with Gasteiger partial charge in [-0.05, 0) is 26.0 Å². The summed E-state index contributed by atoms with van der Waals surface area (Å²) < 4.78 is 24.9. The molecule has 1 rings (SSSR count). The van der Waals surface area contributed by atoms with E-state index in [4.69, 9.17) is 0 Å². The van der Waals surface area contributed by atoms with Crippen LogP contribution in [0.2, 0.25) is 0 Å². The van der Waals surface area contributed by atoms with Crippen LogP contribution in [0.25, 0.3) is 0 Å². The smallest absolute Gasteiger partial charge is 0.139 e. The number of hydrogen-bond donors (Lipinski definition) is 1. The third-order valence-electron chi connectivity index (χ3n) is 2.07. The maximum Gasteiger partial charge on any atom is 0.139 e. The Kier molecular flexibility index (Phi) is 3.77. The highest BCUT2D eigenvalue weighted by molar-refractivity contribution is 7.85. The van der Waals surface area contributed by atoms with Gasteiger partial charge >= 0.3 is 0 Å². The summed E-state index contributed by atoms with van der Waals surface area (Å²) in [4.78, 5) is 0.154. The second-order valence-corrected chi connectivity index (χ2v) is 4.95. The van der Waals surface area contributed by atoms with Gasteiger partial charge in [0.1, 0.15) is 5.82 Å². The molecule has 14 heavy (non-hydrogen) atoms. The quantitative estimate of drug-likeness (QED) is 0.835. The molecule has 1 aromatic carbocycles. The second-order valence-electron chi connectivity index (χ2n) is 3.17. The molecule has 0 aliphatic heterocycles. The third kappa shape index (κ3) is 2.39. The van der Waals surface area contributed by atoms with Crippen LogP contribution in [0.5, 0.6) is 0 Å². The first-order valence-corrected chi connectivity index (χ1v) is 5.58. The van der Waals surface area contributed by atoms with Gasteiger partial charge in [-0.1, -0.05) is 12.1 Å². The lowest BCUT2D eigenvalue weighted by atomic mass is 10.3. The summed E-state index contributed by atoms with van der Waals surface area (Å²) in [5, 5.41) is 8.76. The Morgan fingerprint density at radius 3 is 2.43 bits per heavy atom. The molecule has 3 atom stereocenters. The van der Waals surface area contributed by atoms with Gasteiger partial charge in [0.15, 0.2) is 0 Å². The number of aliphatic hydroxyl groups excluding tert-OH is 1. The summed E-state index contributed by atoms with van der Waals surface area (Å²) in [5.41, 5.74) is 0. The van der Waals surface area contributed by atoms with E-state index in [1.165, 1.54) is 12.1 Å². The minimum absolute atomic E-state index is 0.154. The Morgan fingerprint density at radius 1 is 1.36 bits per heavy atom. The van der Waals surface area contributed by atoms with Crippen molar-refractivity contribution in [1.29, 1.82) is 0 Å². The van der Waals surface area contributed by atoms with E-state index >= 15 is 0 Å². The second kappa shape index (κ2) is 4.66. The molecule has 0 heterocycles. The Morgan fingerprint density at radius 2 is 1.93 bits per heavy atom. The maximum atomic E-state index is 13.2. The van der Waals surface area contributed by atoms with E-state index in [1.54, 1.807) is 26.0 Å². The number of benzene rings is 1. The minimum Gasteiger partial charge on any atom is -0.392 e. The van der Waals surface area contributed by atoms with E-state index in [1.807, 2.05) is 0 Å². The topological polar surface area (TPSA) is 37.3 Å². The first-order chi connectivity index (χ1) is 6.54. The van der Waals surface area contributed by atoms with E-state index in [9.17, 15) is 13.7 Å². The van der Waals surface area contributed by atoms with Crippen LogP contribution in [-0.2, 0) is 10.8 Å². The summed E-state index contributed by atoms with van der Waals surface area (Å²) in [5.74, 6) is -0.488. The number of aliphatic hydroxyl groups is 1. The molecular formula is C10H13FO2S. The summed E-state index contributed by atoms with van der Waals surface area (Å²) in [6.07, 6.45) is -0.713. The summed E-state index contributed by atoms with van der Waals surface area (Å²) in [6.45, 7) is 3.18. The predicted octanol–water partition coefficient (Wildman–Crippen LogP) is 1.70. The molecule has 0 amide bonds. The predicted molar refractivity (Wildman–Crippen MR) is 54.0 cm³/mol. The van der Waals surface area contributed by atoms with Gasteiger partial charge in [-0.25, -0.2) is 4.39 Å². The zero-order valence-electron chi connectivity index (χ0n) is 8.11. The van der Waals surface area contributed by atoms with Crippen LogP contribution in [0.4, 0.5) is 4.39 Å². The highest BCUT2D eigenvalue weighted by atomic mass is 32.2. The van der Waals surface area contributed by atoms with Crippen molar-refractivity contribution >= 4 is 10.8 Å². The fraction of sp³-hybridized carbons (Fsp3) is 0.400. The summed E-state index contributed by atoms with van der Waals surface area (Å²) in [7, 11) is -1.49. The molecule has 0 bridgehead atoms. The fourth-order valence-electron chi connectivity index (χ4n) is 0.987. The van der Waals surface area contributed by atoms with E-state index in [2.05, 4.69) is 0 Å². The van der Waals surface area contributed by atoms with E-state index in [0.29, 0.717) is 0 Å². The Balaban J connectivity index is 2.95. The monoisotopic (exact) mass is 216 g/mol. The minimum atomic E-state index is -1.49. The molecule has 3 unspecified atom stereocenters. The van der Waals surface area contributed by atoms with Crippen LogP contribution >= 0.6 is 0 Å². The van der Waals surface area contributed by atoms with Crippen LogP contribution in [0.3, 0.4) is 0 Å². The van der Waals surface area contributed by atoms with Gasteiger partial charge in [-0.2, -0.15) is 0 Å². The molecule has 1 N–H and O–H groups in total. The highest BCUT2D eigenvalue weighted by Crippen LogP contribution is 2.16. The summed E-state index contributed by atoms with van der Waals surface area (Å²) in [6, 6.07) is 5.92. The van der Waals surface area contributed by atoms with Crippen molar-refractivity contribution in [2.45, 2.75) is 30.1 Å². The van der Waals surface area contributed by atoms with Gasteiger partial charge in [-0.15, -0.1) is 0 Å². The third-order valence-corrected chi connectivity index (χ3v) is 3.90. The average molecular weight is 216 g/mol. The first-order valence-electron chi connectivity index (χ1n) is 4.37. The van der Waals surface area contributed by atoms with Crippen molar-refractivity contribution in [3.8, 4) is 0 Å². The molecule has 1 aromatic rings. The average Bonchev–Trinajstić information content (AvgIpc) is 2.16. The Labute approximate surface area is 85.2 Å². The van der Waals surface area contributed by atoms with E-state index in [0.717, 1.165) is 0 Å². The Hall–Kier alpha value is -0.740. The number of halogens is 1. The lowest BCUT2D eigenvalue weighted by Crippen LogP contribution is -2.24. The standard InChI is InChI=1S/C10H13FO2S/c1-7(12)8(2)14(13)10-6-4-3-5-9(10)11/h3-8,12H,1-2H3. The molecule has 0 aromatic heterocycles. The molecule has 0 aliphatic rings. The molecule has 2 nitrogen and oxygen atoms in total. The van der Waals surface area contributed by atoms with Gasteiger partial charge in [-0.3, -0.25) is 4.21 Å². The van der Waals surface area contributed by atoms with Crippen LogP contribution in [0.1, 0.15) is 13.8 Å². The zero-order chi connectivity index (χ0) is 10.7. The van der Waals surface area contributed by atoms with Crippen molar-refractivity contribution in [1.82, 2.24) is 0 Å². The van der Waals surface area contributed by atoms with Crippen molar-refractivity contribution in [2.75, 3.05) is 0 Å². The molecular weight excluding hydrogens is 203 g/mol. The Bertz CT molecular complexity index is 339.